The summed E-state index contributed by atoms with van der Waals surface area (Å²) in [6.07, 6.45) is 1.40. The largest absolute Gasteiger partial charge is 0.426 e. The Labute approximate surface area is 142 Å². The number of hydrogen-bond donors (Lipinski definition) is 2. The third-order valence-corrected chi connectivity index (χ3v) is 6.48. The summed E-state index contributed by atoms with van der Waals surface area (Å²) in [7, 11) is 0. The van der Waals surface area contributed by atoms with Crippen LogP contribution in [0.15, 0.2) is 24.3 Å². The molecule has 2 N–H and O–H groups in total. The molecule has 2 saturated carbocycles. The summed E-state index contributed by atoms with van der Waals surface area (Å²) < 4.78 is 5.12. The zero-order valence-electron chi connectivity index (χ0n) is 14.6. The first-order chi connectivity index (χ1) is 11.2. The van der Waals surface area contributed by atoms with Crippen LogP contribution in [-0.2, 0) is 4.79 Å². The average Bonchev–Trinajstić information content (AvgIpc) is 2.81. The van der Waals surface area contributed by atoms with Crippen molar-refractivity contribution in [3.05, 3.63) is 29.8 Å². The number of aliphatic hydroxyl groups excluding tert-OH is 1. The number of amides is 1. The number of carbonyl (C=O) groups excluding carboxylic acids is 2. The number of carbonyl (C=O) groups is 2. The van der Waals surface area contributed by atoms with Crippen LogP contribution in [0.3, 0.4) is 0 Å². The Bertz CT molecular complexity index is 684. The SMILES string of the molecule is CC(=O)Oc1ccccc1C(=O)N[C@@H]1[C@H]2CC[C@@](C)([C@@H]1O)C2(C)C. The lowest BCUT2D eigenvalue weighted by atomic mass is 9.70. The van der Waals surface area contributed by atoms with E-state index in [0.29, 0.717) is 5.56 Å². The number of aliphatic hydroxyl groups is 1. The summed E-state index contributed by atoms with van der Waals surface area (Å²) in [5, 5.41) is 13.8. The van der Waals surface area contributed by atoms with Crippen molar-refractivity contribution >= 4 is 11.9 Å². The quantitative estimate of drug-likeness (QED) is 0.659. The van der Waals surface area contributed by atoms with Gasteiger partial charge in [0.05, 0.1) is 17.7 Å². The minimum atomic E-state index is -0.573. The van der Waals surface area contributed by atoms with Crippen molar-refractivity contribution in [3.63, 3.8) is 0 Å². The number of esters is 1. The molecule has 0 saturated heterocycles. The molecule has 1 aromatic carbocycles. The summed E-state index contributed by atoms with van der Waals surface area (Å²) >= 11 is 0. The predicted octanol–water partition coefficient (Wildman–Crippen LogP) is 2.53. The van der Waals surface area contributed by atoms with Gasteiger partial charge >= 0.3 is 5.97 Å². The summed E-state index contributed by atoms with van der Waals surface area (Å²) in [5.41, 5.74) is 0.0933. The highest BCUT2D eigenvalue weighted by Crippen LogP contribution is 2.65. The molecule has 130 valence electrons. The van der Waals surface area contributed by atoms with E-state index in [-0.39, 0.29) is 34.4 Å². The van der Waals surface area contributed by atoms with E-state index < -0.39 is 12.1 Å². The molecular formula is C19H25NO4. The first kappa shape index (κ1) is 17.0. The molecule has 3 rings (SSSR count). The highest BCUT2D eigenvalue weighted by atomic mass is 16.5. The molecule has 0 aliphatic heterocycles. The van der Waals surface area contributed by atoms with Gasteiger partial charge in [0.15, 0.2) is 0 Å². The van der Waals surface area contributed by atoms with Crippen molar-refractivity contribution < 1.29 is 19.4 Å². The summed E-state index contributed by atoms with van der Waals surface area (Å²) in [6.45, 7) is 7.76. The second kappa shape index (κ2) is 5.59. The first-order valence-electron chi connectivity index (χ1n) is 8.45. The van der Waals surface area contributed by atoms with Crippen LogP contribution in [0.4, 0.5) is 0 Å². The Morgan fingerprint density at radius 3 is 2.50 bits per heavy atom. The van der Waals surface area contributed by atoms with Crippen molar-refractivity contribution in [2.24, 2.45) is 16.7 Å². The molecule has 24 heavy (non-hydrogen) atoms. The van der Waals surface area contributed by atoms with E-state index in [1.165, 1.54) is 6.92 Å². The summed E-state index contributed by atoms with van der Waals surface area (Å²) in [4.78, 5) is 23.9. The van der Waals surface area contributed by atoms with Crippen LogP contribution < -0.4 is 10.1 Å². The molecule has 2 aliphatic rings. The van der Waals surface area contributed by atoms with Gasteiger partial charge in [0.2, 0.25) is 0 Å². The Hall–Kier alpha value is -1.88. The molecule has 2 bridgehead atoms. The van der Waals surface area contributed by atoms with E-state index in [1.807, 2.05) is 0 Å². The Balaban J connectivity index is 1.83. The van der Waals surface area contributed by atoms with E-state index in [2.05, 4.69) is 26.1 Å². The topological polar surface area (TPSA) is 75.6 Å². The summed E-state index contributed by atoms with van der Waals surface area (Å²) in [6, 6.07) is 6.38. The average molecular weight is 331 g/mol. The minimum absolute atomic E-state index is 0.0280. The number of rotatable bonds is 3. The van der Waals surface area contributed by atoms with Gasteiger partial charge in [0.1, 0.15) is 5.75 Å². The maximum absolute atomic E-state index is 12.7. The van der Waals surface area contributed by atoms with Crippen LogP contribution in [0.1, 0.15) is 50.9 Å². The van der Waals surface area contributed by atoms with Crippen molar-refractivity contribution in [3.8, 4) is 5.75 Å². The molecule has 5 nitrogen and oxygen atoms in total. The Morgan fingerprint density at radius 2 is 1.92 bits per heavy atom. The van der Waals surface area contributed by atoms with Crippen LogP contribution in [0.2, 0.25) is 0 Å². The van der Waals surface area contributed by atoms with Gasteiger partial charge < -0.3 is 15.2 Å². The molecule has 4 atom stereocenters. The highest BCUT2D eigenvalue weighted by Gasteiger charge is 2.66. The van der Waals surface area contributed by atoms with E-state index in [0.717, 1.165) is 12.8 Å². The van der Waals surface area contributed by atoms with Crippen LogP contribution >= 0.6 is 0 Å². The fourth-order valence-corrected chi connectivity index (χ4v) is 4.64. The van der Waals surface area contributed by atoms with Gasteiger partial charge in [0.25, 0.3) is 5.91 Å². The van der Waals surface area contributed by atoms with Crippen LogP contribution in [0, 0.1) is 16.7 Å². The normalized spacial score (nSPS) is 33.3. The molecule has 1 amide bonds. The number of hydrogen-bond acceptors (Lipinski definition) is 4. The smallest absolute Gasteiger partial charge is 0.308 e. The Kier molecular flexibility index (Phi) is 3.95. The molecule has 0 radical (unpaired) electrons. The third-order valence-electron chi connectivity index (χ3n) is 6.48. The lowest BCUT2D eigenvalue weighted by molar-refractivity contribution is -0.131. The van der Waals surface area contributed by atoms with Gasteiger partial charge in [-0.1, -0.05) is 32.9 Å². The number of nitrogens with one attached hydrogen (secondary N) is 1. The lowest BCUT2D eigenvalue weighted by Gasteiger charge is -2.37. The van der Waals surface area contributed by atoms with Gasteiger partial charge in [-0.3, -0.25) is 9.59 Å². The number of para-hydroxylation sites is 1. The van der Waals surface area contributed by atoms with Crippen molar-refractivity contribution in [1.82, 2.24) is 5.32 Å². The number of benzene rings is 1. The van der Waals surface area contributed by atoms with Crippen LogP contribution in [0.5, 0.6) is 5.75 Å². The molecule has 5 heteroatoms. The van der Waals surface area contributed by atoms with E-state index in [4.69, 9.17) is 4.74 Å². The minimum Gasteiger partial charge on any atom is -0.426 e. The zero-order chi connectivity index (χ0) is 17.7. The molecule has 1 aromatic rings. The van der Waals surface area contributed by atoms with Crippen molar-refractivity contribution in [2.45, 2.75) is 52.7 Å². The maximum Gasteiger partial charge on any atom is 0.308 e. The second-order valence-corrected chi connectivity index (χ2v) is 7.82. The molecule has 2 fully saturated rings. The molecule has 0 heterocycles. The van der Waals surface area contributed by atoms with Gasteiger partial charge in [-0.05, 0) is 36.3 Å². The van der Waals surface area contributed by atoms with E-state index in [1.54, 1.807) is 24.3 Å². The van der Waals surface area contributed by atoms with Crippen LogP contribution in [0.25, 0.3) is 0 Å². The highest BCUT2D eigenvalue weighted by molar-refractivity contribution is 5.97. The fraction of sp³-hybridized carbons (Fsp3) is 0.579. The molecule has 0 aromatic heterocycles. The maximum atomic E-state index is 12.7. The lowest BCUT2D eigenvalue weighted by Crippen LogP contribution is -2.49. The van der Waals surface area contributed by atoms with E-state index in [9.17, 15) is 14.7 Å². The fourth-order valence-electron chi connectivity index (χ4n) is 4.64. The van der Waals surface area contributed by atoms with Gasteiger partial charge in [0, 0.05) is 12.3 Å². The van der Waals surface area contributed by atoms with E-state index >= 15 is 0 Å². The van der Waals surface area contributed by atoms with Crippen LogP contribution in [-0.4, -0.2) is 29.1 Å². The molecular weight excluding hydrogens is 306 g/mol. The Morgan fingerprint density at radius 1 is 1.25 bits per heavy atom. The van der Waals surface area contributed by atoms with Crippen molar-refractivity contribution in [1.29, 1.82) is 0 Å². The van der Waals surface area contributed by atoms with Crippen molar-refractivity contribution in [2.75, 3.05) is 0 Å². The summed E-state index contributed by atoms with van der Waals surface area (Å²) in [5.74, 6) is -0.306. The standard InChI is InChI=1S/C19H25NO4/c1-11(21)24-14-8-6-5-7-12(14)17(23)20-15-13-9-10-19(4,16(15)22)18(13,2)3/h5-8,13,15-16,22H,9-10H2,1-4H3,(H,20,23)/t13-,15-,16-,19+/m1/s1. The van der Waals surface area contributed by atoms with Gasteiger partial charge in [-0.2, -0.15) is 0 Å². The third kappa shape index (κ3) is 2.34. The monoisotopic (exact) mass is 331 g/mol. The molecule has 0 spiro atoms. The molecule has 0 unspecified atom stereocenters. The number of ether oxygens (including phenoxy) is 1. The molecule has 2 aliphatic carbocycles. The second-order valence-electron chi connectivity index (χ2n) is 7.82. The first-order valence-corrected chi connectivity index (χ1v) is 8.45. The zero-order valence-corrected chi connectivity index (χ0v) is 14.6. The predicted molar refractivity (Wildman–Crippen MR) is 89.6 cm³/mol. The van der Waals surface area contributed by atoms with Gasteiger partial charge in [-0.15, -0.1) is 0 Å². The van der Waals surface area contributed by atoms with Gasteiger partial charge in [-0.25, -0.2) is 0 Å². The number of fused-ring (bicyclic) bond motifs is 2.